The summed E-state index contributed by atoms with van der Waals surface area (Å²) in [6.07, 6.45) is 0. The number of amides is 2. The number of nitrogens with one attached hydrogen (secondary N) is 2. The lowest BCUT2D eigenvalue weighted by Gasteiger charge is -2.16. The van der Waals surface area contributed by atoms with E-state index in [1.54, 1.807) is 30.1 Å². The number of hydrogen-bond donors (Lipinski definition) is 2. The van der Waals surface area contributed by atoms with Gasteiger partial charge in [-0.1, -0.05) is 15.9 Å². The quantitative estimate of drug-likeness (QED) is 0.614. The summed E-state index contributed by atoms with van der Waals surface area (Å²) in [6, 6.07) is 11.3. The van der Waals surface area contributed by atoms with Crippen molar-refractivity contribution < 1.29 is 18.7 Å². The van der Waals surface area contributed by atoms with Crippen molar-refractivity contribution in [3.05, 3.63) is 58.3 Å². The summed E-state index contributed by atoms with van der Waals surface area (Å²) in [5.41, 5.74) is 1.63. The summed E-state index contributed by atoms with van der Waals surface area (Å²) in [5.74, 6) is -0.298. The van der Waals surface area contributed by atoms with Gasteiger partial charge in [-0.05, 0) is 62.0 Å². The number of aryl methyl sites for hydroxylation is 1. The Hall–Kier alpha value is -2.45. The lowest BCUT2D eigenvalue weighted by molar-refractivity contribution is -0.124. The molecule has 0 aliphatic carbocycles. The van der Waals surface area contributed by atoms with Crippen LogP contribution in [0.15, 0.2) is 46.9 Å². The Morgan fingerprint density at radius 3 is 2.54 bits per heavy atom. The number of carbonyl (C=O) groups is 2. The summed E-state index contributed by atoms with van der Waals surface area (Å²) < 4.78 is 19.3. The molecule has 0 aliphatic rings. The van der Waals surface area contributed by atoms with E-state index in [-0.39, 0.29) is 30.7 Å². The number of halogens is 2. The van der Waals surface area contributed by atoms with Crippen molar-refractivity contribution in [3.8, 4) is 5.75 Å². The maximum Gasteiger partial charge on any atom is 0.243 e. The number of hydrogen-bond acceptors (Lipinski definition) is 4. The molecule has 2 N–H and O–H groups in total. The van der Waals surface area contributed by atoms with Gasteiger partial charge in [0.1, 0.15) is 18.2 Å². The van der Waals surface area contributed by atoms with Crippen LogP contribution >= 0.6 is 15.9 Å². The number of nitrogens with zero attached hydrogens (tertiary/aromatic N) is 1. The van der Waals surface area contributed by atoms with E-state index < -0.39 is 0 Å². The molecule has 2 rings (SSSR count). The van der Waals surface area contributed by atoms with Gasteiger partial charge in [-0.15, -0.1) is 0 Å². The fraction of sp³-hybridized carbons (Fsp3) is 0.300. The van der Waals surface area contributed by atoms with Crippen molar-refractivity contribution in [2.45, 2.75) is 6.92 Å². The van der Waals surface area contributed by atoms with Crippen LogP contribution in [0.2, 0.25) is 0 Å². The number of anilines is 1. The average Bonchev–Trinajstić information content (AvgIpc) is 2.64. The lowest BCUT2D eigenvalue weighted by Crippen LogP contribution is -2.40. The Balaban J connectivity index is 1.65. The molecule has 0 atom stereocenters. The molecule has 0 aromatic heterocycles. The first kappa shape index (κ1) is 21.8. The van der Waals surface area contributed by atoms with Crippen molar-refractivity contribution >= 4 is 33.4 Å². The van der Waals surface area contributed by atoms with Crippen molar-refractivity contribution in [1.82, 2.24) is 10.2 Å². The van der Waals surface area contributed by atoms with E-state index in [1.807, 2.05) is 19.1 Å². The predicted octanol–water partition coefficient (Wildman–Crippen LogP) is 2.96. The van der Waals surface area contributed by atoms with Crippen LogP contribution in [0.4, 0.5) is 10.1 Å². The Morgan fingerprint density at radius 1 is 1.14 bits per heavy atom. The predicted molar refractivity (Wildman–Crippen MR) is 110 cm³/mol. The number of benzene rings is 2. The van der Waals surface area contributed by atoms with Gasteiger partial charge in [-0.25, -0.2) is 4.39 Å². The molecule has 8 heteroatoms. The second-order valence-corrected chi connectivity index (χ2v) is 7.24. The van der Waals surface area contributed by atoms with Crippen LogP contribution in [0.3, 0.4) is 0 Å². The van der Waals surface area contributed by atoms with Crippen LogP contribution in [-0.2, 0) is 9.59 Å². The highest BCUT2D eigenvalue weighted by molar-refractivity contribution is 9.10. The minimum absolute atomic E-state index is 0.103. The number of likely N-dealkylation sites (N-methyl/N-ethyl adjacent to an activating group) is 1. The molecule has 0 aliphatic heterocycles. The maximum absolute atomic E-state index is 12.8. The number of ether oxygens (including phenoxy) is 1. The third-order valence-corrected chi connectivity index (χ3v) is 4.37. The normalized spacial score (nSPS) is 10.6. The highest BCUT2D eigenvalue weighted by atomic mass is 79.9. The minimum atomic E-state index is -0.319. The van der Waals surface area contributed by atoms with Gasteiger partial charge in [0, 0.05) is 16.7 Å². The smallest absolute Gasteiger partial charge is 0.243 e. The lowest BCUT2D eigenvalue weighted by atomic mass is 10.2. The second-order valence-electron chi connectivity index (χ2n) is 6.32. The third kappa shape index (κ3) is 7.66. The van der Waals surface area contributed by atoms with Crippen LogP contribution in [0.5, 0.6) is 5.75 Å². The summed E-state index contributed by atoms with van der Waals surface area (Å²) in [6.45, 7) is 2.79. The zero-order chi connectivity index (χ0) is 20.5. The van der Waals surface area contributed by atoms with Crippen molar-refractivity contribution in [3.63, 3.8) is 0 Å². The highest BCUT2D eigenvalue weighted by Crippen LogP contribution is 2.19. The first-order chi connectivity index (χ1) is 13.3. The molecule has 0 spiro atoms. The van der Waals surface area contributed by atoms with E-state index in [9.17, 15) is 14.0 Å². The van der Waals surface area contributed by atoms with Crippen LogP contribution in [0, 0.1) is 12.7 Å². The van der Waals surface area contributed by atoms with E-state index >= 15 is 0 Å². The second kappa shape index (κ2) is 10.8. The Morgan fingerprint density at radius 2 is 1.86 bits per heavy atom. The average molecular weight is 452 g/mol. The van der Waals surface area contributed by atoms with Gasteiger partial charge in [-0.3, -0.25) is 14.5 Å². The first-order valence-electron chi connectivity index (χ1n) is 8.73. The molecular formula is C20H23BrFN3O3. The van der Waals surface area contributed by atoms with Gasteiger partial charge >= 0.3 is 0 Å². The van der Waals surface area contributed by atoms with Gasteiger partial charge in [0.05, 0.1) is 13.1 Å². The maximum atomic E-state index is 12.8. The summed E-state index contributed by atoms with van der Waals surface area (Å²) in [7, 11) is 1.78. The van der Waals surface area contributed by atoms with Gasteiger partial charge < -0.3 is 15.4 Å². The van der Waals surface area contributed by atoms with E-state index in [2.05, 4.69) is 26.6 Å². The van der Waals surface area contributed by atoms with E-state index in [4.69, 9.17) is 4.74 Å². The zero-order valence-corrected chi connectivity index (χ0v) is 17.4. The highest BCUT2D eigenvalue weighted by Gasteiger charge is 2.10. The van der Waals surface area contributed by atoms with Gasteiger partial charge in [0.2, 0.25) is 11.8 Å². The molecule has 0 saturated heterocycles. The largest absolute Gasteiger partial charge is 0.492 e. The molecule has 0 fully saturated rings. The number of carbonyl (C=O) groups excluding carboxylic acids is 2. The first-order valence-corrected chi connectivity index (χ1v) is 9.52. The molecule has 0 unspecified atom stereocenters. The van der Waals surface area contributed by atoms with Gasteiger partial charge in [0.15, 0.2) is 0 Å². The van der Waals surface area contributed by atoms with Crippen molar-refractivity contribution in [1.29, 1.82) is 0 Å². The molecule has 150 valence electrons. The van der Waals surface area contributed by atoms with Crippen LogP contribution in [-0.4, -0.2) is 50.0 Å². The fourth-order valence-corrected chi connectivity index (χ4v) is 2.85. The molecule has 0 heterocycles. The van der Waals surface area contributed by atoms with Gasteiger partial charge in [-0.2, -0.15) is 0 Å². The van der Waals surface area contributed by atoms with Gasteiger partial charge in [0.25, 0.3) is 0 Å². The Bertz CT molecular complexity index is 815. The third-order valence-electron chi connectivity index (χ3n) is 3.88. The summed E-state index contributed by atoms with van der Waals surface area (Å²) in [5, 5.41) is 5.36. The molecular weight excluding hydrogens is 429 g/mol. The monoisotopic (exact) mass is 451 g/mol. The standard InChI is InChI=1S/C20H23BrFN3O3/c1-14-11-15(21)3-8-18(14)24-19(26)12-23-20(27)13-25(2)9-10-28-17-6-4-16(22)5-7-17/h3-8,11H,9-10,12-13H2,1-2H3,(H,23,27)(H,24,26). The van der Waals surface area contributed by atoms with Crippen LogP contribution < -0.4 is 15.4 Å². The molecule has 2 aromatic rings. The summed E-state index contributed by atoms with van der Waals surface area (Å²) in [4.78, 5) is 25.7. The molecule has 2 amide bonds. The molecule has 0 bridgehead atoms. The molecule has 28 heavy (non-hydrogen) atoms. The molecule has 0 radical (unpaired) electrons. The van der Waals surface area contributed by atoms with E-state index in [1.165, 1.54) is 12.1 Å². The molecule has 0 saturated carbocycles. The zero-order valence-electron chi connectivity index (χ0n) is 15.8. The van der Waals surface area contributed by atoms with E-state index in [0.717, 1.165) is 10.0 Å². The van der Waals surface area contributed by atoms with Crippen molar-refractivity contribution in [2.75, 3.05) is 38.6 Å². The Kier molecular flexibility index (Phi) is 8.41. The van der Waals surface area contributed by atoms with Crippen molar-refractivity contribution in [2.24, 2.45) is 0 Å². The fourth-order valence-electron chi connectivity index (χ4n) is 2.37. The Labute approximate surface area is 172 Å². The molecule has 2 aromatic carbocycles. The summed E-state index contributed by atoms with van der Waals surface area (Å²) >= 11 is 3.37. The van der Waals surface area contributed by atoms with E-state index in [0.29, 0.717) is 24.6 Å². The minimum Gasteiger partial charge on any atom is -0.492 e. The van der Waals surface area contributed by atoms with Crippen LogP contribution in [0.1, 0.15) is 5.56 Å². The SMILES string of the molecule is Cc1cc(Br)ccc1NC(=O)CNC(=O)CN(C)CCOc1ccc(F)cc1. The molecule has 6 nitrogen and oxygen atoms in total. The number of rotatable bonds is 9. The van der Waals surface area contributed by atoms with Crippen LogP contribution in [0.25, 0.3) is 0 Å². The topological polar surface area (TPSA) is 70.7 Å².